The zero-order chi connectivity index (χ0) is 16.8. The molecule has 0 bridgehead atoms. The first-order valence-corrected chi connectivity index (χ1v) is 7.54. The highest BCUT2D eigenvalue weighted by atomic mass is 32.2. The van der Waals surface area contributed by atoms with Gasteiger partial charge in [-0.3, -0.25) is 14.9 Å². The Hall–Kier alpha value is -2.85. The van der Waals surface area contributed by atoms with Crippen molar-refractivity contribution in [3.05, 3.63) is 64.2 Å². The number of nitrogens with zero attached hydrogens (tertiary/aromatic N) is 2. The quantitative estimate of drug-likeness (QED) is 0.389. The van der Waals surface area contributed by atoms with E-state index in [1.807, 2.05) is 35.7 Å². The standard InChI is InChI=1S/C16H13N3O3S/c1-11(12-5-3-2-4-6-12)16(20)18-14-8-7-13(23-10-17)9-15(14)19(21)22/h2-9,11H,1H3,(H,18,20)/t11-/m1/s1. The second-order valence-corrected chi connectivity index (χ2v) is 5.61. The number of carbonyl (C=O) groups excluding carboxylic acids is 1. The van der Waals surface area contributed by atoms with Gasteiger partial charge in [-0.05, 0) is 36.4 Å². The van der Waals surface area contributed by atoms with Gasteiger partial charge in [0.1, 0.15) is 11.1 Å². The molecule has 2 aromatic carbocycles. The topological polar surface area (TPSA) is 96.0 Å². The number of amides is 1. The van der Waals surface area contributed by atoms with Crippen LogP contribution >= 0.6 is 11.8 Å². The molecule has 0 aliphatic rings. The van der Waals surface area contributed by atoms with Crippen molar-refractivity contribution in [2.45, 2.75) is 17.7 Å². The third-order valence-electron chi connectivity index (χ3n) is 3.28. The molecular weight excluding hydrogens is 314 g/mol. The number of anilines is 1. The number of nitro benzene ring substituents is 1. The Kier molecular flexibility index (Phi) is 5.33. The number of thiocyanates is 1. The van der Waals surface area contributed by atoms with Crippen molar-refractivity contribution in [2.75, 3.05) is 5.32 Å². The summed E-state index contributed by atoms with van der Waals surface area (Å²) in [7, 11) is 0. The van der Waals surface area contributed by atoms with Gasteiger partial charge in [-0.25, -0.2) is 0 Å². The summed E-state index contributed by atoms with van der Waals surface area (Å²) < 4.78 is 0. The van der Waals surface area contributed by atoms with Crippen LogP contribution in [0.3, 0.4) is 0 Å². The average Bonchev–Trinajstić information content (AvgIpc) is 2.56. The maximum absolute atomic E-state index is 12.3. The molecule has 7 heteroatoms. The Morgan fingerprint density at radius 3 is 2.61 bits per heavy atom. The largest absolute Gasteiger partial charge is 0.320 e. The average molecular weight is 327 g/mol. The van der Waals surface area contributed by atoms with Crippen molar-refractivity contribution in [2.24, 2.45) is 0 Å². The summed E-state index contributed by atoms with van der Waals surface area (Å²) >= 11 is 0.826. The SMILES string of the molecule is C[C@@H](C(=O)Nc1ccc(SC#N)cc1[N+](=O)[O-])c1ccccc1. The molecule has 23 heavy (non-hydrogen) atoms. The van der Waals surface area contributed by atoms with Crippen LogP contribution in [0.4, 0.5) is 11.4 Å². The first-order valence-electron chi connectivity index (χ1n) is 6.73. The van der Waals surface area contributed by atoms with E-state index in [-0.39, 0.29) is 17.3 Å². The summed E-state index contributed by atoms with van der Waals surface area (Å²) in [6, 6.07) is 13.4. The van der Waals surface area contributed by atoms with Gasteiger partial charge in [-0.2, -0.15) is 5.26 Å². The Morgan fingerprint density at radius 2 is 2.00 bits per heavy atom. The molecule has 0 aromatic heterocycles. The summed E-state index contributed by atoms with van der Waals surface area (Å²) in [5.74, 6) is -0.774. The molecule has 0 radical (unpaired) electrons. The molecule has 1 atom stereocenters. The van der Waals surface area contributed by atoms with Crippen molar-refractivity contribution >= 4 is 29.0 Å². The Bertz CT molecular complexity index is 772. The molecule has 1 amide bonds. The predicted molar refractivity (Wildman–Crippen MR) is 88.1 cm³/mol. The number of hydrogen-bond donors (Lipinski definition) is 1. The van der Waals surface area contributed by atoms with Gasteiger partial charge in [0, 0.05) is 11.0 Å². The van der Waals surface area contributed by atoms with Crippen LogP contribution in [-0.4, -0.2) is 10.8 Å². The number of nitrogens with one attached hydrogen (secondary N) is 1. The van der Waals surface area contributed by atoms with Gasteiger partial charge in [0.2, 0.25) is 5.91 Å². The van der Waals surface area contributed by atoms with Gasteiger partial charge in [-0.1, -0.05) is 30.3 Å². The lowest BCUT2D eigenvalue weighted by atomic mass is 10.0. The Labute approximate surface area is 137 Å². The Morgan fingerprint density at radius 1 is 1.30 bits per heavy atom. The third-order valence-corrected chi connectivity index (χ3v) is 3.86. The van der Waals surface area contributed by atoms with Crippen LogP contribution in [0, 0.1) is 20.8 Å². The minimum Gasteiger partial charge on any atom is -0.320 e. The Balaban J connectivity index is 2.24. The number of hydrogen-bond acceptors (Lipinski definition) is 5. The smallest absolute Gasteiger partial charge is 0.293 e. The van der Waals surface area contributed by atoms with Crippen LogP contribution in [0.1, 0.15) is 18.4 Å². The van der Waals surface area contributed by atoms with Gasteiger partial charge in [0.15, 0.2) is 0 Å². The summed E-state index contributed by atoms with van der Waals surface area (Å²) in [5.41, 5.74) is 0.702. The monoisotopic (exact) mass is 327 g/mol. The van der Waals surface area contributed by atoms with Crippen molar-refractivity contribution < 1.29 is 9.72 Å². The number of nitro groups is 1. The third kappa shape index (κ3) is 4.08. The van der Waals surface area contributed by atoms with E-state index >= 15 is 0 Å². The fourth-order valence-electron chi connectivity index (χ4n) is 2.02. The van der Waals surface area contributed by atoms with E-state index in [9.17, 15) is 14.9 Å². The molecule has 0 aliphatic heterocycles. The highest BCUT2D eigenvalue weighted by Gasteiger charge is 2.20. The lowest BCUT2D eigenvalue weighted by Gasteiger charge is -2.13. The van der Waals surface area contributed by atoms with Crippen LogP contribution in [0.5, 0.6) is 0 Å². The van der Waals surface area contributed by atoms with Gasteiger partial charge < -0.3 is 5.32 Å². The van der Waals surface area contributed by atoms with E-state index in [0.29, 0.717) is 4.90 Å². The van der Waals surface area contributed by atoms with Gasteiger partial charge in [0.25, 0.3) is 5.69 Å². The van der Waals surface area contributed by atoms with Gasteiger partial charge >= 0.3 is 0 Å². The predicted octanol–water partition coefficient (Wildman–Crippen LogP) is 3.91. The normalized spacial score (nSPS) is 11.3. The fraction of sp³-hybridized carbons (Fsp3) is 0.125. The highest BCUT2D eigenvalue weighted by Crippen LogP contribution is 2.30. The first kappa shape index (κ1) is 16.5. The molecule has 0 aliphatic carbocycles. The van der Waals surface area contributed by atoms with E-state index in [1.54, 1.807) is 13.0 Å². The molecule has 6 nitrogen and oxygen atoms in total. The van der Waals surface area contributed by atoms with Gasteiger partial charge in [0.05, 0.1) is 10.8 Å². The maximum Gasteiger partial charge on any atom is 0.293 e. The number of carbonyl (C=O) groups is 1. The molecule has 0 fully saturated rings. The summed E-state index contributed by atoms with van der Waals surface area (Å²) in [6.45, 7) is 1.73. The summed E-state index contributed by atoms with van der Waals surface area (Å²) in [5, 5.41) is 24.2. The van der Waals surface area contributed by atoms with E-state index < -0.39 is 10.8 Å². The lowest BCUT2D eigenvalue weighted by Crippen LogP contribution is -2.19. The van der Waals surface area contributed by atoms with Crippen LogP contribution in [-0.2, 0) is 4.79 Å². The molecule has 0 saturated heterocycles. The summed E-state index contributed by atoms with van der Waals surface area (Å²) in [6.07, 6.45) is 0. The molecule has 2 rings (SSSR count). The number of thioether (sulfide) groups is 1. The lowest BCUT2D eigenvalue weighted by molar-refractivity contribution is -0.384. The number of nitriles is 1. The molecular formula is C16H13N3O3S. The van der Waals surface area contributed by atoms with E-state index in [4.69, 9.17) is 5.26 Å². The molecule has 116 valence electrons. The van der Waals surface area contributed by atoms with Crippen molar-refractivity contribution in [3.63, 3.8) is 0 Å². The molecule has 0 spiro atoms. The van der Waals surface area contributed by atoms with E-state index in [0.717, 1.165) is 17.3 Å². The van der Waals surface area contributed by atoms with Crippen LogP contribution in [0.15, 0.2) is 53.4 Å². The van der Waals surface area contributed by atoms with Crippen LogP contribution in [0.2, 0.25) is 0 Å². The molecule has 1 N–H and O–H groups in total. The molecule has 0 saturated carbocycles. The highest BCUT2D eigenvalue weighted by molar-refractivity contribution is 8.03. The van der Waals surface area contributed by atoms with E-state index in [1.165, 1.54) is 12.1 Å². The molecule has 0 unspecified atom stereocenters. The fourth-order valence-corrected chi connectivity index (χ4v) is 2.43. The minimum absolute atomic E-state index is 0.116. The number of benzene rings is 2. The van der Waals surface area contributed by atoms with Crippen LogP contribution < -0.4 is 5.32 Å². The van der Waals surface area contributed by atoms with Gasteiger partial charge in [-0.15, -0.1) is 0 Å². The van der Waals surface area contributed by atoms with Crippen molar-refractivity contribution in [3.8, 4) is 5.40 Å². The van der Waals surface area contributed by atoms with Crippen molar-refractivity contribution in [1.82, 2.24) is 0 Å². The minimum atomic E-state index is -0.579. The summed E-state index contributed by atoms with van der Waals surface area (Å²) in [4.78, 5) is 23.3. The second kappa shape index (κ2) is 7.42. The first-order chi connectivity index (χ1) is 11.0. The zero-order valence-corrected chi connectivity index (χ0v) is 13.0. The maximum atomic E-state index is 12.3. The molecule has 2 aromatic rings. The van der Waals surface area contributed by atoms with E-state index in [2.05, 4.69) is 5.32 Å². The molecule has 0 heterocycles. The zero-order valence-electron chi connectivity index (χ0n) is 12.2. The van der Waals surface area contributed by atoms with Crippen LogP contribution in [0.25, 0.3) is 0 Å². The number of rotatable bonds is 5. The second-order valence-electron chi connectivity index (χ2n) is 4.75. The van der Waals surface area contributed by atoms with Crippen molar-refractivity contribution in [1.29, 1.82) is 5.26 Å².